The van der Waals surface area contributed by atoms with E-state index < -0.39 is 10.2 Å². The molecule has 0 aromatic heterocycles. The average Bonchev–Trinajstić information content (AvgIpc) is 2.21. The first-order chi connectivity index (χ1) is 7.40. The van der Waals surface area contributed by atoms with Gasteiger partial charge in [-0.2, -0.15) is 12.7 Å². The Morgan fingerprint density at radius 1 is 1.25 bits per heavy atom. The largest absolute Gasteiger partial charge is 0.355 e. The third-order valence-corrected chi connectivity index (χ3v) is 3.50. The molecule has 1 amide bonds. The van der Waals surface area contributed by atoms with Crippen LogP contribution in [0.5, 0.6) is 0 Å². The van der Waals surface area contributed by atoms with Gasteiger partial charge in [0.2, 0.25) is 5.91 Å². The van der Waals surface area contributed by atoms with Crippen molar-refractivity contribution in [3.63, 3.8) is 0 Å². The van der Waals surface area contributed by atoms with E-state index in [0.29, 0.717) is 13.0 Å². The Labute approximate surface area is 97.6 Å². The van der Waals surface area contributed by atoms with Crippen molar-refractivity contribution in [3.8, 4) is 0 Å². The van der Waals surface area contributed by atoms with Crippen molar-refractivity contribution in [1.29, 1.82) is 0 Å². The molecule has 0 aliphatic rings. The predicted octanol–water partition coefficient (Wildman–Crippen LogP) is -0.311. The van der Waals surface area contributed by atoms with Crippen molar-refractivity contribution in [1.82, 2.24) is 14.3 Å². The second kappa shape index (κ2) is 7.59. The van der Waals surface area contributed by atoms with Gasteiger partial charge < -0.3 is 5.32 Å². The predicted molar refractivity (Wildman–Crippen MR) is 63.1 cm³/mol. The SMILES string of the molecule is CCCCC(=O)NCCNS(=O)(=O)N(C)C. The van der Waals surface area contributed by atoms with Crippen LogP contribution in [0.1, 0.15) is 26.2 Å². The molecule has 0 bridgehead atoms. The molecule has 0 fully saturated rings. The van der Waals surface area contributed by atoms with Crippen molar-refractivity contribution in [2.75, 3.05) is 27.2 Å². The zero-order valence-corrected chi connectivity index (χ0v) is 10.9. The number of nitrogens with one attached hydrogen (secondary N) is 2. The van der Waals surface area contributed by atoms with Crippen molar-refractivity contribution < 1.29 is 13.2 Å². The normalized spacial score (nSPS) is 11.8. The molecule has 0 aliphatic carbocycles. The lowest BCUT2D eigenvalue weighted by Gasteiger charge is -2.12. The Morgan fingerprint density at radius 2 is 1.88 bits per heavy atom. The van der Waals surface area contributed by atoms with Crippen LogP contribution in [0.15, 0.2) is 0 Å². The second-order valence-electron chi connectivity index (χ2n) is 3.64. The number of carbonyl (C=O) groups is 1. The van der Waals surface area contributed by atoms with E-state index in [0.717, 1.165) is 17.1 Å². The smallest absolute Gasteiger partial charge is 0.278 e. The van der Waals surface area contributed by atoms with Crippen molar-refractivity contribution in [2.24, 2.45) is 0 Å². The zero-order chi connectivity index (χ0) is 12.6. The molecule has 0 aromatic rings. The maximum Gasteiger partial charge on any atom is 0.278 e. The summed E-state index contributed by atoms with van der Waals surface area (Å²) in [6.45, 7) is 2.53. The van der Waals surface area contributed by atoms with Crippen LogP contribution in [0.2, 0.25) is 0 Å². The quantitative estimate of drug-likeness (QED) is 0.581. The number of rotatable bonds is 8. The number of nitrogens with zero attached hydrogens (tertiary/aromatic N) is 1. The summed E-state index contributed by atoms with van der Waals surface area (Å²) in [5.74, 6) is -0.0362. The molecular formula is C9H21N3O3S. The van der Waals surface area contributed by atoms with Crippen LogP contribution >= 0.6 is 0 Å². The molecule has 0 rings (SSSR count). The van der Waals surface area contributed by atoms with Crippen LogP contribution in [0.4, 0.5) is 0 Å². The van der Waals surface area contributed by atoms with E-state index in [2.05, 4.69) is 10.0 Å². The van der Waals surface area contributed by atoms with Gasteiger partial charge in [0, 0.05) is 33.6 Å². The molecule has 96 valence electrons. The highest BCUT2D eigenvalue weighted by atomic mass is 32.2. The van der Waals surface area contributed by atoms with Gasteiger partial charge in [0.25, 0.3) is 10.2 Å². The maximum atomic E-state index is 11.2. The molecule has 0 spiro atoms. The van der Waals surface area contributed by atoms with Crippen molar-refractivity contribution in [3.05, 3.63) is 0 Å². The standard InChI is InChI=1S/C9H21N3O3S/c1-4-5-6-9(13)10-7-8-11-16(14,15)12(2)3/h11H,4-8H2,1-3H3,(H,10,13). The lowest BCUT2D eigenvalue weighted by molar-refractivity contribution is -0.121. The van der Waals surface area contributed by atoms with Gasteiger partial charge in [-0.25, -0.2) is 4.72 Å². The number of carbonyl (C=O) groups excluding carboxylic acids is 1. The van der Waals surface area contributed by atoms with Crippen molar-refractivity contribution in [2.45, 2.75) is 26.2 Å². The highest BCUT2D eigenvalue weighted by Gasteiger charge is 2.11. The molecule has 0 atom stereocenters. The summed E-state index contributed by atoms with van der Waals surface area (Å²) in [6, 6.07) is 0. The van der Waals surface area contributed by atoms with Gasteiger partial charge in [-0.1, -0.05) is 13.3 Å². The van der Waals surface area contributed by atoms with Gasteiger partial charge in [0.1, 0.15) is 0 Å². The molecule has 2 N–H and O–H groups in total. The third kappa shape index (κ3) is 6.76. The molecule has 0 aliphatic heterocycles. The molecule has 0 unspecified atom stereocenters. The Hall–Kier alpha value is -0.660. The fourth-order valence-electron chi connectivity index (χ4n) is 0.937. The van der Waals surface area contributed by atoms with Gasteiger partial charge in [0.15, 0.2) is 0 Å². The van der Waals surface area contributed by atoms with E-state index in [1.807, 2.05) is 6.92 Å². The highest BCUT2D eigenvalue weighted by Crippen LogP contribution is 1.92. The second-order valence-corrected chi connectivity index (χ2v) is 5.60. The summed E-state index contributed by atoms with van der Waals surface area (Å²) in [5.41, 5.74) is 0. The molecule has 0 saturated carbocycles. The van der Waals surface area contributed by atoms with Gasteiger partial charge in [-0.15, -0.1) is 0 Å². The van der Waals surface area contributed by atoms with Gasteiger partial charge in [0.05, 0.1) is 0 Å². The first-order valence-electron chi connectivity index (χ1n) is 5.34. The highest BCUT2D eigenvalue weighted by molar-refractivity contribution is 7.87. The third-order valence-electron chi connectivity index (χ3n) is 1.97. The molecule has 0 heterocycles. The Morgan fingerprint density at radius 3 is 2.38 bits per heavy atom. The van der Waals surface area contributed by atoms with Crippen LogP contribution in [-0.4, -0.2) is 45.8 Å². The average molecular weight is 251 g/mol. The topological polar surface area (TPSA) is 78.5 Å². The van der Waals surface area contributed by atoms with Crippen LogP contribution in [0.25, 0.3) is 0 Å². The first kappa shape index (κ1) is 15.3. The molecule has 0 aromatic carbocycles. The van der Waals surface area contributed by atoms with Crippen LogP contribution in [-0.2, 0) is 15.0 Å². The summed E-state index contributed by atoms with van der Waals surface area (Å²) in [7, 11) is -0.488. The summed E-state index contributed by atoms with van der Waals surface area (Å²) < 4.78 is 25.9. The zero-order valence-electron chi connectivity index (χ0n) is 10.1. The minimum atomic E-state index is -3.38. The van der Waals surface area contributed by atoms with E-state index in [4.69, 9.17) is 0 Å². The molecule has 7 heteroatoms. The van der Waals surface area contributed by atoms with E-state index in [1.54, 1.807) is 0 Å². The lowest BCUT2D eigenvalue weighted by atomic mass is 10.2. The number of unbranched alkanes of at least 4 members (excludes halogenated alkanes) is 1. The Bertz CT molecular complexity index is 301. The van der Waals surface area contributed by atoms with E-state index >= 15 is 0 Å². The molecule has 16 heavy (non-hydrogen) atoms. The number of amides is 1. The van der Waals surface area contributed by atoms with Crippen LogP contribution in [0, 0.1) is 0 Å². The molecule has 0 radical (unpaired) electrons. The summed E-state index contributed by atoms with van der Waals surface area (Å²) in [4.78, 5) is 11.2. The van der Waals surface area contributed by atoms with Gasteiger partial charge in [-0.05, 0) is 6.42 Å². The Kier molecular flexibility index (Phi) is 7.27. The molecular weight excluding hydrogens is 230 g/mol. The lowest BCUT2D eigenvalue weighted by Crippen LogP contribution is -2.40. The summed E-state index contributed by atoms with van der Waals surface area (Å²) >= 11 is 0. The summed E-state index contributed by atoms with van der Waals surface area (Å²) in [6.07, 6.45) is 2.33. The monoisotopic (exact) mass is 251 g/mol. The van der Waals surface area contributed by atoms with Gasteiger partial charge >= 0.3 is 0 Å². The van der Waals surface area contributed by atoms with E-state index in [1.165, 1.54) is 14.1 Å². The van der Waals surface area contributed by atoms with Crippen LogP contribution < -0.4 is 10.0 Å². The minimum absolute atomic E-state index is 0.0362. The first-order valence-corrected chi connectivity index (χ1v) is 6.78. The van der Waals surface area contributed by atoms with E-state index in [-0.39, 0.29) is 12.5 Å². The minimum Gasteiger partial charge on any atom is -0.355 e. The maximum absolute atomic E-state index is 11.2. The van der Waals surface area contributed by atoms with E-state index in [9.17, 15) is 13.2 Å². The fourth-order valence-corrected chi connectivity index (χ4v) is 1.55. The fraction of sp³-hybridized carbons (Fsp3) is 0.889. The Balaban J connectivity index is 3.65. The van der Waals surface area contributed by atoms with Crippen molar-refractivity contribution >= 4 is 16.1 Å². The number of hydrogen-bond donors (Lipinski definition) is 2. The molecule has 0 saturated heterocycles. The number of hydrogen-bond acceptors (Lipinski definition) is 3. The summed E-state index contributed by atoms with van der Waals surface area (Å²) in [5, 5.41) is 2.64. The van der Waals surface area contributed by atoms with Gasteiger partial charge in [-0.3, -0.25) is 4.79 Å². The van der Waals surface area contributed by atoms with Crippen LogP contribution in [0.3, 0.4) is 0 Å². The molecule has 6 nitrogen and oxygen atoms in total.